The highest BCUT2D eigenvalue weighted by Gasteiger charge is 2.29. The van der Waals surface area contributed by atoms with E-state index in [1.54, 1.807) is 31.3 Å². The molecule has 2 aromatic carbocycles. The summed E-state index contributed by atoms with van der Waals surface area (Å²) in [6.07, 6.45) is 2.65. The third kappa shape index (κ3) is 4.92. The van der Waals surface area contributed by atoms with Gasteiger partial charge in [-0.05, 0) is 36.2 Å². The van der Waals surface area contributed by atoms with Gasteiger partial charge in [0.05, 0.1) is 12.4 Å². The predicted molar refractivity (Wildman–Crippen MR) is 106 cm³/mol. The molecule has 0 amide bonds. The van der Waals surface area contributed by atoms with E-state index in [0.29, 0.717) is 17.8 Å². The van der Waals surface area contributed by atoms with Crippen LogP contribution < -0.4 is 10.2 Å². The SMILES string of the molecule is Cc1c(Br)cccc1COc1ccc(B2OC(O)=CN(C)/C=C(/O)O2)cc1. The summed E-state index contributed by atoms with van der Waals surface area (Å²) in [5.74, 6) is 0.0386. The molecule has 140 valence electrons. The van der Waals surface area contributed by atoms with Crippen LogP contribution in [0, 0.1) is 6.92 Å². The van der Waals surface area contributed by atoms with Crippen LogP contribution in [-0.2, 0) is 15.9 Å². The summed E-state index contributed by atoms with van der Waals surface area (Å²) >= 11 is 3.51. The fraction of sp³-hybridized carbons (Fsp3) is 0.158. The summed E-state index contributed by atoms with van der Waals surface area (Å²) in [7, 11) is 0.645. The normalized spacial score (nSPS) is 16.3. The Labute approximate surface area is 166 Å². The first-order valence-electron chi connectivity index (χ1n) is 8.26. The summed E-state index contributed by atoms with van der Waals surface area (Å²) < 4.78 is 17.5. The number of nitrogens with zero attached hydrogens (tertiary/aromatic N) is 1. The topological polar surface area (TPSA) is 71.4 Å². The maximum Gasteiger partial charge on any atom is 0.636 e. The minimum absolute atomic E-state index is 0.322. The Hall–Kier alpha value is -2.74. The third-order valence-electron chi connectivity index (χ3n) is 4.01. The van der Waals surface area contributed by atoms with Crippen molar-refractivity contribution in [3.63, 3.8) is 0 Å². The van der Waals surface area contributed by atoms with Crippen LogP contribution in [0.1, 0.15) is 11.1 Å². The van der Waals surface area contributed by atoms with Crippen LogP contribution in [0.2, 0.25) is 0 Å². The first kappa shape index (κ1) is 19.0. The van der Waals surface area contributed by atoms with E-state index in [2.05, 4.69) is 15.9 Å². The van der Waals surface area contributed by atoms with E-state index in [0.717, 1.165) is 15.6 Å². The molecule has 0 unspecified atom stereocenters. The van der Waals surface area contributed by atoms with Gasteiger partial charge >= 0.3 is 7.12 Å². The fourth-order valence-corrected chi connectivity index (χ4v) is 2.92. The largest absolute Gasteiger partial charge is 0.636 e. The van der Waals surface area contributed by atoms with Crippen molar-refractivity contribution in [3.05, 3.63) is 82.4 Å². The van der Waals surface area contributed by atoms with Crippen molar-refractivity contribution < 1.29 is 24.3 Å². The van der Waals surface area contributed by atoms with E-state index in [-0.39, 0.29) is 11.9 Å². The average Bonchev–Trinajstić information content (AvgIpc) is 2.61. The van der Waals surface area contributed by atoms with E-state index in [9.17, 15) is 10.2 Å². The minimum atomic E-state index is -0.979. The second-order valence-electron chi connectivity index (χ2n) is 6.05. The molecule has 2 aromatic rings. The van der Waals surface area contributed by atoms with E-state index < -0.39 is 7.12 Å². The van der Waals surface area contributed by atoms with Crippen LogP contribution in [-0.4, -0.2) is 29.3 Å². The summed E-state index contributed by atoms with van der Waals surface area (Å²) in [6, 6.07) is 13.0. The average molecular weight is 432 g/mol. The number of aliphatic hydroxyl groups is 2. The predicted octanol–water partition coefficient (Wildman–Crippen LogP) is 3.72. The quantitative estimate of drug-likeness (QED) is 0.718. The highest BCUT2D eigenvalue weighted by atomic mass is 79.9. The Kier molecular flexibility index (Phi) is 5.86. The molecule has 8 heteroatoms. The van der Waals surface area contributed by atoms with Crippen molar-refractivity contribution in [2.75, 3.05) is 7.05 Å². The molecule has 0 atom stereocenters. The standard InChI is InChI=1S/C19H19BBrNO5/c1-13-14(4-3-5-17(13)21)12-25-16-8-6-15(7-9-16)20-26-18(23)10-22(2)11-19(24)27-20/h3-11,23-24H,12H2,1-2H3/b18-10-,19-11?. The Morgan fingerprint density at radius 1 is 1.04 bits per heavy atom. The zero-order valence-electron chi connectivity index (χ0n) is 14.9. The molecule has 2 N–H and O–H groups in total. The van der Waals surface area contributed by atoms with Gasteiger partial charge in [0.25, 0.3) is 11.9 Å². The van der Waals surface area contributed by atoms with Gasteiger partial charge in [-0.25, -0.2) is 0 Å². The Balaban J connectivity index is 1.69. The van der Waals surface area contributed by atoms with Gasteiger partial charge in [-0.15, -0.1) is 0 Å². The van der Waals surface area contributed by atoms with Gasteiger partial charge < -0.3 is 29.2 Å². The summed E-state index contributed by atoms with van der Waals surface area (Å²) in [6.45, 7) is 2.48. The van der Waals surface area contributed by atoms with Crippen LogP contribution in [0.5, 0.6) is 5.75 Å². The molecular formula is C19H19BBrNO5. The zero-order valence-corrected chi connectivity index (χ0v) is 16.5. The monoisotopic (exact) mass is 431 g/mol. The number of rotatable bonds is 4. The summed E-state index contributed by atoms with van der Waals surface area (Å²) in [4.78, 5) is 1.42. The lowest BCUT2D eigenvalue weighted by Crippen LogP contribution is -2.37. The lowest BCUT2D eigenvalue weighted by molar-refractivity contribution is 0.124. The van der Waals surface area contributed by atoms with Crippen molar-refractivity contribution in [2.45, 2.75) is 13.5 Å². The number of halogens is 1. The van der Waals surface area contributed by atoms with Gasteiger partial charge in [-0.2, -0.15) is 0 Å². The molecule has 0 fully saturated rings. The number of ether oxygens (including phenoxy) is 1. The van der Waals surface area contributed by atoms with Gasteiger partial charge in [-0.3, -0.25) is 0 Å². The van der Waals surface area contributed by atoms with Gasteiger partial charge in [0.15, 0.2) is 0 Å². The number of hydrogen-bond donors (Lipinski definition) is 2. The second-order valence-corrected chi connectivity index (χ2v) is 6.90. The van der Waals surface area contributed by atoms with Gasteiger partial charge in [0.2, 0.25) is 0 Å². The molecule has 6 nitrogen and oxygen atoms in total. The van der Waals surface area contributed by atoms with Gasteiger partial charge in [0.1, 0.15) is 12.4 Å². The molecule has 0 aromatic heterocycles. The molecule has 1 heterocycles. The molecule has 0 radical (unpaired) electrons. The molecule has 27 heavy (non-hydrogen) atoms. The van der Waals surface area contributed by atoms with Crippen molar-refractivity contribution in [3.8, 4) is 5.75 Å². The van der Waals surface area contributed by atoms with E-state index in [1.807, 2.05) is 25.1 Å². The molecule has 0 bridgehead atoms. The molecule has 1 aliphatic rings. The van der Waals surface area contributed by atoms with Crippen molar-refractivity contribution in [2.24, 2.45) is 0 Å². The maximum absolute atomic E-state index is 9.79. The summed E-state index contributed by atoms with van der Waals surface area (Å²) in [5, 5.41) is 19.6. The molecule has 3 rings (SSSR count). The summed E-state index contributed by atoms with van der Waals surface area (Å²) in [5.41, 5.74) is 2.85. The van der Waals surface area contributed by atoms with Crippen LogP contribution in [0.3, 0.4) is 0 Å². The Morgan fingerprint density at radius 3 is 2.30 bits per heavy atom. The first-order valence-corrected chi connectivity index (χ1v) is 9.05. The Bertz CT molecular complexity index is 847. The van der Waals surface area contributed by atoms with Gasteiger partial charge in [-0.1, -0.05) is 40.2 Å². The van der Waals surface area contributed by atoms with E-state index in [4.69, 9.17) is 14.0 Å². The third-order valence-corrected chi connectivity index (χ3v) is 4.87. The van der Waals surface area contributed by atoms with Gasteiger partial charge in [0, 0.05) is 17.0 Å². The highest BCUT2D eigenvalue weighted by molar-refractivity contribution is 9.10. The second kappa shape index (κ2) is 8.31. The van der Waals surface area contributed by atoms with Crippen LogP contribution >= 0.6 is 15.9 Å². The molecule has 0 saturated heterocycles. The van der Waals surface area contributed by atoms with E-state index in [1.165, 1.54) is 17.3 Å². The van der Waals surface area contributed by atoms with Crippen molar-refractivity contribution >= 4 is 28.5 Å². The maximum atomic E-state index is 9.79. The van der Waals surface area contributed by atoms with Crippen LogP contribution in [0.4, 0.5) is 0 Å². The van der Waals surface area contributed by atoms with Crippen LogP contribution in [0.25, 0.3) is 0 Å². The molecule has 0 aliphatic carbocycles. The van der Waals surface area contributed by atoms with Crippen molar-refractivity contribution in [1.29, 1.82) is 0 Å². The molecule has 0 spiro atoms. The van der Waals surface area contributed by atoms with E-state index >= 15 is 0 Å². The molecular weight excluding hydrogens is 413 g/mol. The number of aliphatic hydroxyl groups excluding tert-OH is 2. The Morgan fingerprint density at radius 2 is 1.67 bits per heavy atom. The lowest BCUT2D eigenvalue weighted by atomic mass is 9.79. The molecule has 0 saturated carbocycles. The molecule has 1 aliphatic heterocycles. The fourth-order valence-electron chi connectivity index (χ4n) is 2.52. The van der Waals surface area contributed by atoms with Crippen LogP contribution in [0.15, 0.2) is 71.2 Å². The zero-order chi connectivity index (χ0) is 19.4. The smallest absolute Gasteiger partial charge is 0.494 e. The first-order chi connectivity index (χ1) is 12.9. The number of hydrogen-bond acceptors (Lipinski definition) is 6. The van der Waals surface area contributed by atoms with Crippen molar-refractivity contribution in [1.82, 2.24) is 4.90 Å². The number of benzene rings is 2. The highest BCUT2D eigenvalue weighted by Crippen LogP contribution is 2.21. The lowest BCUT2D eigenvalue weighted by Gasteiger charge is -2.20. The minimum Gasteiger partial charge on any atom is -0.494 e.